The first-order valence-electron chi connectivity index (χ1n) is 5.69. The predicted octanol–water partition coefficient (Wildman–Crippen LogP) is 1.21. The van der Waals surface area contributed by atoms with E-state index in [1.165, 1.54) is 10.7 Å². The maximum atomic E-state index is 11.5. The molecule has 2 aromatic rings. The molecule has 0 atom stereocenters. The van der Waals surface area contributed by atoms with Gasteiger partial charge >= 0.3 is 0 Å². The Labute approximate surface area is 105 Å². The third kappa shape index (κ3) is 2.88. The molecule has 5 nitrogen and oxygen atoms in total. The molecule has 94 valence electrons. The molecule has 5 heteroatoms. The zero-order valence-electron chi connectivity index (χ0n) is 10.2. The van der Waals surface area contributed by atoms with Crippen LogP contribution < -0.4 is 16.0 Å². The molecule has 0 unspecified atom stereocenters. The molecule has 0 aliphatic carbocycles. The van der Waals surface area contributed by atoms with Crippen molar-refractivity contribution < 1.29 is 4.74 Å². The van der Waals surface area contributed by atoms with Crippen molar-refractivity contribution in [3.63, 3.8) is 0 Å². The van der Waals surface area contributed by atoms with Crippen LogP contribution in [0.3, 0.4) is 0 Å². The number of anilines is 1. The highest BCUT2D eigenvalue weighted by molar-refractivity contribution is 5.51. The molecule has 18 heavy (non-hydrogen) atoms. The summed E-state index contributed by atoms with van der Waals surface area (Å²) in [6.45, 7) is 2.59. The van der Waals surface area contributed by atoms with E-state index < -0.39 is 0 Å². The van der Waals surface area contributed by atoms with Gasteiger partial charge in [-0.05, 0) is 25.1 Å². The summed E-state index contributed by atoms with van der Waals surface area (Å²) in [5, 5.41) is 4.12. The Kier molecular flexibility index (Phi) is 3.62. The van der Waals surface area contributed by atoms with Gasteiger partial charge in [0.05, 0.1) is 17.9 Å². The topological polar surface area (TPSA) is 70.1 Å². The highest BCUT2D eigenvalue weighted by Gasteiger charge is 2.01. The Morgan fingerprint density at radius 1 is 1.28 bits per heavy atom. The van der Waals surface area contributed by atoms with E-state index in [9.17, 15) is 4.79 Å². The fourth-order valence-corrected chi connectivity index (χ4v) is 1.57. The van der Waals surface area contributed by atoms with E-state index >= 15 is 0 Å². The lowest BCUT2D eigenvalue weighted by Gasteiger charge is -2.09. The Bertz CT molecular complexity index is 593. The van der Waals surface area contributed by atoms with Crippen molar-refractivity contribution in [2.45, 2.75) is 13.5 Å². The molecule has 0 amide bonds. The van der Waals surface area contributed by atoms with Crippen LogP contribution in [0.15, 0.2) is 41.2 Å². The lowest BCUT2D eigenvalue weighted by atomic mass is 10.3. The van der Waals surface area contributed by atoms with Crippen LogP contribution in [0.4, 0.5) is 5.69 Å². The second-order valence-electron chi connectivity index (χ2n) is 3.92. The van der Waals surface area contributed by atoms with Gasteiger partial charge in [0.1, 0.15) is 12.4 Å². The van der Waals surface area contributed by atoms with Gasteiger partial charge in [0.2, 0.25) is 0 Å². The fourth-order valence-electron chi connectivity index (χ4n) is 1.57. The van der Waals surface area contributed by atoms with Crippen molar-refractivity contribution in [2.75, 3.05) is 12.3 Å². The Morgan fingerprint density at radius 3 is 2.83 bits per heavy atom. The highest BCUT2D eigenvalue weighted by atomic mass is 16.5. The lowest BCUT2D eigenvalue weighted by Crippen LogP contribution is -2.25. The first kappa shape index (κ1) is 12.2. The molecule has 1 aromatic heterocycles. The van der Waals surface area contributed by atoms with Gasteiger partial charge in [-0.15, -0.1) is 0 Å². The molecular formula is C13H15N3O2. The molecule has 2 rings (SSSR count). The first-order chi connectivity index (χ1) is 8.66. The molecule has 0 fully saturated rings. The zero-order chi connectivity index (χ0) is 13.0. The molecule has 2 N–H and O–H groups in total. The number of rotatable bonds is 4. The Balaban J connectivity index is 1.99. The molecule has 0 bridgehead atoms. The van der Waals surface area contributed by atoms with Gasteiger partial charge in [-0.1, -0.05) is 12.1 Å². The van der Waals surface area contributed by atoms with Crippen molar-refractivity contribution in [2.24, 2.45) is 0 Å². The van der Waals surface area contributed by atoms with E-state index in [4.69, 9.17) is 10.5 Å². The highest BCUT2D eigenvalue weighted by Crippen LogP contribution is 2.19. The van der Waals surface area contributed by atoms with Crippen molar-refractivity contribution >= 4 is 5.69 Å². The van der Waals surface area contributed by atoms with Gasteiger partial charge < -0.3 is 10.5 Å². The summed E-state index contributed by atoms with van der Waals surface area (Å²) in [5.41, 5.74) is 7.00. The van der Waals surface area contributed by atoms with Crippen LogP contribution in [0, 0.1) is 6.92 Å². The lowest BCUT2D eigenvalue weighted by molar-refractivity contribution is 0.288. The smallest absolute Gasteiger partial charge is 0.266 e. The number of para-hydroxylation sites is 2. The number of hydrogen-bond acceptors (Lipinski definition) is 4. The molecule has 1 heterocycles. The maximum Gasteiger partial charge on any atom is 0.266 e. The largest absolute Gasteiger partial charge is 0.489 e. The van der Waals surface area contributed by atoms with Gasteiger partial charge in [0.25, 0.3) is 5.56 Å². The number of benzene rings is 1. The minimum atomic E-state index is -0.134. The van der Waals surface area contributed by atoms with Gasteiger partial charge in [-0.2, -0.15) is 5.10 Å². The van der Waals surface area contributed by atoms with E-state index in [-0.39, 0.29) is 5.56 Å². The van der Waals surface area contributed by atoms with E-state index in [0.29, 0.717) is 24.6 Å². The second kappa shape index (κ2) is 5.35. The molecule has 0 aliphatic heterocycles. The molecule has 1 aromatic carbocycles. The van der Waals surface area contributed by atoms with E-state index in [0.717, 1.165) is 5.69 Å². The number of nitrogens with two attached hydrogens (primary N) is 1. The number of aryl methyl sites for hydroxylation is 1. The maximum absolute atomic E-state index is 11.5. The van der Waals surface area contributed by atoms with E-state index in [1.54, 1.807) is 18.2 Å². The summed E-state index contributed by atoms with van der Waals surface area (Å²) in [5.74, 6) is 0.623. The van der Waals surface area contributed by atoms with Crippen LogP contribution in [0.2, 0.25) is 0 Å². The van der Waals surface area contributed by atoms with E-state index in [2.05, 4.69) is 5.10 Å². The Hall–Kier alpha value is -2.30. The van der Waals surface area contributed by atoms with E-state index in [1.807, 2.05) is 19.1 Å². The number of ether oxygens (including phenoxy) is 1. The molecule has 0 radical (unpaired) electrons. The SMILES string of the molecule is Cc1ccc(=O)n(CCOc2ccccc2N)n1. The first-order valence-corrected chi connectivity index (χ1v) is 5.69. The fraction of sp³-hybridized carbons (Fsp3) is 0.231. The van der Waals surface area contributed by atoms with Crippen LogP contribution >= 0.6 is 0 Å². The average molecular weight is 245 g/mol. The minimum Gasteiger partial charge on any atom is -0.489 e. The quantitative estimate of drug-likeness (QED) is 0.822. The molecule has 0 saturated heterocycles. The molecule has 0 aliphatic rings. The van der Waals surface area contributed by atoms with Gasteiger partial charge in [-0.25, -0.2) is 4.68 Å². The van der Waals surface area contributed by atoms with Gasteiger partial charge in [-0.3, -0.25) is 4.79 Å². The van der Waals surface area contributed by atoms with Crippen LogP contribution in [-0.4, -0.2) is 16.4 Å². The summed E-state index contributed by atoms with van der Waals surface area (Å²) in [4.78, 5) is 11.5. The number of aromatic nitrogens is 2. The van der Waals surface area contributed by atoms with Crippen LogP contribution in [0.1, 0.15) is 5.69 Å². The normalized spacial score (nSPS) is 10.3. The van der Waals surface area contributed by atoms with Crippen molar-refractivity contribution in [1.82, 2.24) is 9.78 Å². The van der Waals surface area contributed by atoms with Crippen LogP contribution in [0.5, 0.6) is 5.75 Å². The summed E-state index contributed by atoms with van der Waals surface area (Å²) < 4.78 is 6.89. The van der Waals surface area contributed by atoms with Crippen molar-refractivity contribution in [1.29, 1.82) is 0 Å². The van der Waals surface area contributed by atoms with Crippen LogP contribution in [-0.2, 0) is 6.54 Å². The van der Waals surface area contributed by atoms with Gasteiger partial charge in [0.15, 0.2) is 0 Å². The van der Waals surface area contributed by atoms with Crippen molar-refractivity contribution in [3.8, 4) is 5.75 Å². The monoisotopic (exact) mass is 245 g/mol. The zero-order valence-corrected chi connectivity index (χ0v) is 10.2. The third-order valence-electron chi connectivity index (χ3n) is 2.48. The second-order valence-corrected chi connectivity index (χ2v) is 3.92. The molecule has 0 spiro atoms. The summed E-state index contributed by atoms with van der Waals surface area (Å²) in [7, 11) is 0. The third-order valence-corrected chi connectivity index (χ3v) is 2.48. The predicted molar refractivity (Wildman–Crippen MR) is 69.6 cm³/mol. The summed E-state index contributed by atoms with van der Waals surface area (Å²) in [6.07, 6.45) is 0. The molecular weight excluding hydrogens is 230 g/mol. The molecule has 0 saturated carbocycles. The summed E-state index contributed by atoms with van der Waals surface area (Å²) >= 11 is 0. The summed E-state index contributed by atoms with van der Waals surface area (Å²) in [6, 6.07) is 10.4. The van der Waals surface area contributed by atoms with Gasteiger partial charge in [0, 0.05) is 6.07 Å². The number of nitrogens with zero attached hydrogens (tertiary/aromatic N) is 2. The minimum absolute atomic E-state index is 0.134. The Morgan fingerprint density at radius 2 is 2.06 bits per heavy atom. The van der Waals surface area contributed by atoms with Crippen molar-refractivity contribution in [3.05, 3.63) is 52.4 Å². The average Bonchev–Trinajstić information content (AvgIpc) is 2.36. The number of nitrogen functional groups attached to an aromatic ring is 1. The number of hydrogen-bond donors (Lipinski definition) is 1. The van der Waals surface area contributed by atoms with Crippen LogP contribution in [0.25, 0.3) is 0 Å². The standard InChI is InChI=1S/C13H15N3O2/c1-10-6-7-13(17)16(15-10)8-9-18-12-5-3-2-4-11(12)14/h2-7H,8-9,14H2,1H3.